The Kier molecular flexibility index (Phi) is 6.51. The lowest BCUT2D eigenvalue weighted by Crippen LogP contribution is -2.28. The van der Waals surface area contributed by atoms with Crippen molar-refractivity contribution in [3.05, 3.63) is 34.9 Å². The fraction of sp³-hybridized carbons (Fsp3) is 0.571. The highest BCUT2D eigenvalue weighted by Gasteiger charge is 2.02. The standard InChI is InChI=1S/C14H22ClN/c1-3-4-5-9-16-12(2)10-13-7-6-8-14(15)11-13/h6-8,11-12,16H,3-5,9-10H2,1-2H3. The van der Waals surface area contributed by atoms with Gasteiger partial charge in [-0.25, -0.2) is 0 Å². The molecule has 0 saturated carbocycles. The van der Waals surface area contributed by atoms with Crippen LogP contribution < -0.4 is 5.32 Å². The Bertz CT molecular complexity index is 299. The fourth-order valence-corrected chi connectivity index (χ4v) is 2.03. The van der Waals surface area contributed by atoms with Crippen molar-refractivity contribution in [2.45, 2.75) is 45.6 Å². The number of unbranched alkanes of at least 4 members (excludes halogenated alkanes) is 2. The molecule has 1 nitrogen and oxygen atoms in total. The lowest BCUT2D eigenvalue weighted by atomic mass is 10.1. The van der Waals surface area contributed by atoms with Gasteiger partial charge < -0.3 is 5.32 Å². The van der Waals surface area contributed by atoms with Crippen LogP contribution in [0.2, 0.25) is 5.02 Å². The van der Waals surface area contributed by atoms with Crippen LogP contribution in [0, 0.1) is 0 Å². The van der Waals surface area contributed by atoms with Crippen LogP contribution in [-0.2, 0) is 6.42 Å². The predicted molar refractivity (Wildman–Crippen MR) is 72.1 cm³/mol. The molecule has 0 amide bonds. The van der Waals surface area contributed by atoms with E-state index in [9.17, 15) is 0 Å². The predicted octanol–water partition coefficient (Wildman–Crippen LogP) is 4.05. The SMILES string of the molecule is CCCCCNC(C)Cc1cccc(Cl)c1. The molecule has 0 heterocycles. The van der Waals surface area contributed by atoms with E-state index in [1.165, 1.54) is 24.8 Å². The van der Waals surface area contributed by atoms with Gasteiger partial charge in [0.1, 0.15) is 0 Å². The zero-order chi connectivity index (χ0) is 11.8. The molecule has 0 aromatic heterocycles. The van der Waals surface area contributed by atoms with Gasteiger partial charge in [0.05, 0.1) is 0 Å². The minimum Gasteiger partial charge on any atom is -0.314 e. The van der Waals surface area contributed by atoms with Gasteiger partial charge in [0.15, 0.2) is 0 Å². The summed E-state index contributed by atoms with van der Waals surface area (Å²) in [6, 6.07) is 8.64. The van der Waals surface area contributed by atoms with Crippen molar-refractivity contribution in [3.63, 3.8) is 0 Å². The third-order valence-electron chi connectivity index (χ3n) is 2.70. The van der Waals surface area contributed by atoms with Crippen LogP contribution in [0.25, 0.3) is 0 Å². The minimum atomic E-state index is 0.523. The molecule has 1 unspecified atom stereocenters. The maximum absolute atomic E-state index is 5.95. The summed E-state index contributed by atoms with van der Waals surface area (Å²) >= 11 is 5.95. The molecule has 0 aliphatic rings. The molecule has 0 radical (unpaired) electrons. The molecule has 16 heavy (non-hydrogen) atoms. The summed E-state index contributed by atoms with van der Waals surface area (Å²) in [5.74, 6) is 0. The first kappa shape index (κ1) is 13.5. The van der Waals surface area contributed by atoms with Gasteiger partial charge >= 0.3 is 0 Å². The Hall–Kier alpha value is -0.530. The van der Waals surface area contributed by atoms with Crippen molar-refractivity contribution in [2.75, 3.05) is 6.54 Å². The van der Waals surface area contributed by atoms with Crippen LogP contribution in [0.1, 0.15) is 38.7 Å². The number of nitrogens with one attached hydrogen (secondary N) is 1. The quantitative estimate of drug-likeness (QED) is 0.708. The van der Waals surface area contributed by atoms with E-state index in [4.69, 9.17) is 11.6 Å². The first-order chi connectivity index (χ1) is 7.72. The first-order valence-electron chi connectivity index (χ1n) is 6.20. The van der Waals surface area contributed by atoms with Gasteiger partial charge in [0.25, 0.3) is 0 Å². The third kappa shape index (κ3) is 5.53. The van der Waals surface area contributed by atoms with Gasteiger partial charge in [0, 0.05) is 11.1 Å². The summed E-state index contributed by atoms with van der Waals surface area (Å²) in [6.07, 6.45) is 4.92. The molecule has 1 aromatic rings. The summed E-state index contributed by atoms with van der Waals surface area (Å²) in [5, 5.41) is 4.37. The molecule has 0 saturated heterocycles. The van der Waals surface area contributed by atoms with Crippen molar-refractivity contribution in [3.8, 4) is 0 Å². The van der Waals surface area contributed by atoms with Gasteiger partial charge in [-0.2, -0.15) is 0 Å². The highest BCUT2D eigenvalue weighted by molar-refractivity contribution is 6.30. The highest BCUT2D eigenvalue weighted by Crippen LogP contribution is 2.12. The monoisotopic (exact) mass is 239 g/mol. The van der Waals surface area contributed by atoms with E-state index < -0.39 is 0 Å². The van der Waals surface area contributed by atoms with Gasteiger partial charge in [-0.3, -0.25) is 0 Å². The topological polar surface area (TPSA) is 12.0 Å². The normalized spacial score (nSPS) is 12.7. The zero-order valence-corrected chi connectivity index (χ0v) is 11.1. The van der Waals surface area contributed by atoms with Gasteiger partial charge in [-0.15, -0.1) is 0 Å². The van der Waals surface area contributed by atoms with E-state index in [1.54, 1.807) is 0 Å². The molecule has 0 aliphatic carbocycles. The van der Waals surface area contributed by atoms with Crippen LogP contribution in [0.3, 0.4) is 0 Å². The molecular weight excluding hydrogens is 218 g/mol. The number of benzene rings is 1. The fourth-order valence-electron chi connectivity index (χ4n) is 1.81. The molecule has 0 fully saturated rings. The largest absolute Gasteiger partial charge is 0.314 e. The van der Waals surface area contributed by atoms with E-state index >= 15 is 0 Å². The van der Waals surface area contributed by atoms with Gasteiger partial charge in [-0.05, 0) is 44.0 Å². The van der Waals surface area contributed by atoms with Crippen molar-refractivity contribution >= 4 is 11.6 Å². The average molecular weight is 240 g/mol. The number of rotatable bonds is 7. The van der Waals surface area contributed by atoms with Crippen LogP contribution in [0.15, 0.2) is 24.3 Å². The molecule has 0 spiro atoms. The Morgan fingerprint density at radius 1 is 1.31 bits per heavy atom. The highest BCUT2D eigenvalue weighted by atomic mass is 35.5. The van der Waals surface area contributed by atoms with Crippen molar-refractivity contribution < 1.29 is 0 Å². The maximum atomic E-state index is 5.95. The Morgan fingerprint density at radius 2 is 2.12 bits per heavy atom. The van der Waals surface area contributed by atoms with Gasteiger partial charge in [0.2, 0.25) is 0 Å². The van der Waals surface area contributed by atoms with Crippen molar-refractivity contribution in [1.29, 1.82) is 0 Å². The van der Waals surface area contributed by atoms with E-state index in [0.717, 1.165) is 18.0 Å². The van der Waals surface area contributed by atoms with E-state index in [2.05, 4.69) is 25.2 Å². The second-order valence-corrected chi connectivity index (χ2v) is 4.83. The molecule has 1 rings (SSSR count). The summed E-state index contributed by atoms with van der Waals surface area (Å²) in [6.45, 7) is 5.58. The molecule has 1 atom stereocenters. The lowest BCUT2D eigenvalue weighted by Gasteiger charge is -2.13. The molecule has 90 valence electrons. The molecule has 0 bridgehead atoms. The summed E-state index contributed by atoms with van der Waals surface area (Å²) < 4.78 is 0. The smallest absolute Gasteiger partial charge is 0.0408 e. The van der Waals surface area contributed by atoms with Crippen LogP contribution in [-0.4, -0.2) is 12.6 Å². The average Bonchev–Trinajstić information content (AvgIpc) is 2.24. The summed E-state index contributed by atoms with van der Waals surface area (Å²) in [5.41, 5.74) is 1.31. The first-order valence-corrected chi connectivity index (χ1v) is 6.58. The van der Waals surface area contributed by atoms with Crippen LogP contribution in [0.5, 0.6) is 0 Å². The van der Waals surface area contributed by atoms with Gasteiger partial charge in [-0.1, -0.05) is 43.5 Å². The molecule has 1 aromatic carbocycles. The van der Waals surface area contributed by atoms with Crippen molar-refractivity contribution in [2.24, 2.45) is 0 Å². The zero-order valence-electron chi connectivity index (χ0n) is 10.3. The number of halogens is 1. The van der Waals surface area contributed by atoms with Crippen molar-refractivity contribution in [1.82, 2.24) is 5.32 Å². The van der Waals surface area contributed by atoms with E-state index in [-0.39, 0.29) is 0 Å². The summed E-state index contributed by atoms with van der Waals surface area (Å²) in [7, 11) is 0. The Morgan fingerprint density at radius 3 is 2.81 bits per heavy atom. The second-order valence-electron chi connectivity index (χ2n) is 4.40. The third-order valence-corrected chi connectivity index (χ3v) is 2.94. The van der Waals surface area contributed by atoms with E-state index in [1.807, 2.05) is 18.2 Å². The minimum absolute atomic E-state index is 0.523. The molecular formula is C14H22ClN. The molecule has 2 heteroatoms. The van der Waals surface area contributed by atoms with Crippen LogP contribution >= 0.6 is 11.6 Å². The maximum Gasteiger partial charge on any atom is 0.0408 e. The second kappa shape index (κ2) is 7.70. The number of hydrogen-bond donors (Lipinski definition) is 1. The Balaban J connectivity index is 2.25. The Labute approximate surface area is 104 Å². The van der Waals surface area contributed by atoms with E-state index in [0.29, 0.717) is 6.04 Å². The molecule has 0 aliphatic heterocycles. The molecule has 1 N–H and O–H groups in total. The van der Waals surface area contributed by atoms with Crippen LogP contribution in [0.4, 0.5) is 0 Å². The lowest BCUT2D eigenvalue weighted by molar-refractivity contribution is 0.523. The number of hydrogen-bond acceptors (Lipinski definition) is 1. The summed E-state index contributed by atoms with van der Waals surface area (Å²) in [4.78, 5) is 0.